The van der Waals surface area contributed by atoms with Gasteiger partial charge in [0.05, 0.1) is 0 Å². The van der Waals surface area contributed by atoms with Crippen LogP contribution in [0.2, 0.25) is 0 Å². The Morgan fingerprint density at radius 2 is 0.450 bits per heavy atom. The van der Waals surface area contributed by atoms with Crippen LogP contribution < -0.4 is 12.3 Å². The zero-order valence-corrected chi connectivity index (χ0v) is 15.2. The van der Waals surface area contributed by atoms with Gasteiger partial charge >= 0.3 is 41.7 Å². The molecule has 0 fully saturated rings. The second kappa shape index (κ2) is 19.8. The number of quaternary nitrogens is 2. The Bertz CT molecular complexity index is 347. The average Bonchev–Trinajstić information content (AvgIpc) is 1.41. The molecule has 0 saturated heterocycles. The molecular weight excluding hydrogens is 488 g/mol. The average molecular weight is 500 g/mol. The van der Waals surface area contributed by atoms with E-state index in [1.807, 2.05) is 0 Å². The third kappa shape index (κ3) is 8760. The van der Waals surface area contributed by atoms with Gasteiger partial charge in [-0.2, -0.15) is 0 Å². The monoisotopic (exact) mass is 500 g/mol. The molecule has 0 aromatic heterocycles. The van der Waals surface area contributed by atoms with Crippen molar-refractivity contribution in [3.8, 4) is 0 Å². The van der Waals surface area contributed by atoms with Crippen LogP contribution in [0, 0.1) is 41.7 Å². The summed E-state index contributed by atoms with van der Waals surface area (Å²) in [5.74, 6) is 0. The Balaban J connectivity index is -0.0000000160. The van der Waals surface area contributed by atoms with Crippen molar-refractivity contribution < 1.29 is 105 Å². The molecule has 12 N–H and O–H groups in total. The first-order chi connectivity index (χ1) is 6.00. The second-order valence-electron chi connectivity index (χ2n) is 1.22. The topological polar surface area (TPSA) is 377 Å². The summed E-state index contributed by atoms with van der Waals surface area (Å²) in [5.41, 5.74) is 0. The van der Waals surface area contributed by atoms with Gasteiger partial charge < -0.3 is 50.6 Å². The predicted molar refractivity (Wildman–Crippen MR) is 50.6 cm³/mol. The van der Waals surface area contributed by atoms with Gasteiger partial charge in [-0.25, -0.2) is 0 Å². The van der Waals surface area contributed by atoms with Crippen LogP contribution in [0.25, 0.3) is 0 Å². The van der Waals surface area contributed by atoms with Crippen molar-refractivity contribution in [3.63, 3.8) is 0 Å². The van der Waals surface area contributed by atoms with Gasteiger partial charge in [-0.3, -0.25) is 25.3 Å². The van der Waals surface area contributed by atoms with Gasteiger partial charge in [0.1, 0.15) is 0 Å². The molecule has 0 saturated carbocycles. The van der Waals surface area contributed by atoms with E-state index in [2.05, 4.69) is 0 Å². The second-order valence-corrected chi connectivity index (χ2v) is 3.67. The summed E-state index contributed by atoms with van der Waals surface area (Å²) in [4.78, 5) is 0. The Labute approximate surface area is 147 Å². The summed E-state index contributed by atoms with van der Waals surface area (Å²) in [6.45, 7) is 0. The maximum atomic E-state index is 8.52. The summed E-state index contributed by atoms with van der Waals surface area (Å²) in [5, 5.41) is 0. The first-order valence-corrected chi connectivity index (χ1v) is 6.00. The summed E-state index contributed by atoms with van der Waals surface area (Å²) in [7, 11) is -15.5. The van der Waals surface area contributed by atoms with E-state index in [1.54, 1.807) is 0 Å². The molecule has 0 bridgehead atoms. The Hall–Kier alpha value is 0.827. The van der Waals surface area contributed by atoms with Crippen molar-refractivity contribution in [1.29, 1.82) is 0 Å². The molecule has 0 aromatic rings. The first-order valence-electron chi connectivity index (χ1n) is 2.00. The summed E-state index contributed by atoms with van der Waals surface area (Å²) in [6.07, 6.45) is 0. The van der Waals surface area contributed by atoms with Gasteiger partial charge in [0.25, 0.3) is 0 Å². The van der Waals surface area contributed by atoms with E-state index in [0.29, 0.717) is 0 Å². The first kappa shape index (κ1) is 49.8. The van der Waals surface area contributed by atoms with Gasteiger partial charge in [-0.1, -0.05) is 0 Å². The molecule has 0 amide bonds. The normalized spacial score (nSPS) is 8.70. The molecule has 0 atom stereocenters. The van der Waals surface area contributed by atoms with Crippen LogP contribution in [0.5, 0.6) is 0 Å². The maximum absolute atomic E-state index is 8.52. The third-order valence-corrected chi connectivity index (χ3v) is 0. The van der Waals surface area contributed by atoms with Crippen molar-refractivity contribution in [2.45, 2.75) is 0 Å². The minimum Gasteiger partial charge on any atom is -0.759 e. The molecule has 0 heterocycles. The molecule has 0 unspecified atom stereocenters. The van der Waals surface area contributed by atoms with Gasteiger partial charge in [0, 0.05) is 31.2 Å². The number of hydrogen-bond donors (Lipinski definition) is 2. The van der Waals surface area contributed by atoms with Crippen molar-refractivity contribution in [2.24, 2.45) is 0 Å². The van der Waals surface area contributed by atoms with Crippen LogP contribution in [0.4, 0.5) is 0 Å². The molecule has 0 rings (SSSR count). The summed E-state index contributed by atoms with van der Waals surface area (Å²) in [6, 6.07) is 0. The zero-order chi connectivity index (χ0) is 13.5. The molecule has 0 aliphatic heterocycles. The molecule has 128 valence electrons. The van der Waals surface area contributed by atoms with Crippen molar-refractivity contribution in [2.75, 3.05) is 0 Å². The van der Waals surface area contributed by atoms with Crippen LogP contribution in [-0.4, -0.2) is 63.5 Å². The van der Waals surface area contributed by atoms with E-state index in [1.165, 1.54) is 0 Å². The molecular formula is H12CeN2O14S3. The maximum Gasteiger partial charge on any atom is 4.00 e. The van der Waals surface area contributed by atoms with Crippen LogP contribution in [0.1, 0.15) is 0 Å². The van der Waals surface area contributed by atoms with E-state index in [0.717, 1.165) is 0 Å². The predicted octanol–water partition coefficient (Wildman–Crippen LogP) is -4.91. The largest absolute Gasteiger partial charge is 4.00 e. The molecule has 0 radical (unpaired) electrons. The number of hydrogen-bond acceptors (Lipinski definition) is 12. The molecule has 0 aliphatic rings. The Morgan fingerprint density at radius 3 is 0.450 bits per heavy atom. The van der Waals surface area contributed by atoms with Crippen molar-refractivity contribution >= 4 is 31.2 Å². The smallest absolute Gasteiger partial charge is 0.759 e. The van der Waals surface area contributed by atoms with Crippen LogP contribution in [-0.2, 0) is 31.2 Å². The van der Waals surface area contributed by atoms with Gasteiger partial charge in [-0.05, 0) is 0 Å². The van der Waals surface area contributed by atoms with E-state index >= 15 is 0 Å². The van der Waals surface area contributed by atoms with Gasteiger partial charge in [0.15, 0.2) is 0 Å². The fourth-order valence-electron chi connectivity index (χ4n) is 0. The van der Waals surface area contributed by atoms with E-state index in [4.69, 9.17) is 52.6 Å². The van der Waals surface area contributed by atoms with Gasteiger partial charge in [-0.15, -0.1) is 0 Å². The molecule has 0 aliphatic carbocycles. The Kier molecular flexibility index (Phi) is 49.3. The van der Waals surface area contributed by atoms with Crippen molar-refractivity contribution in [3.05, 3.63) is 0 Å². The number of rotatable bonds is 0. The van der Waals surface area contributed by atoms with E-state index in [-0.39, 0.29) is 65.0 Å². The molecule has 0 spiro atoms. The fraction of sp³-hybridized carbons (Fsp3) is 0. The molecule has 20 heteroatoms. The quantitative estimate of drug-likeness (QED) is 0.233. The van der Waals surface area contributed by atoms with Crippen molar-refractivity contribution in [1.82, 2.24) is 12.3 Å². The molecule has 20 heavy (non-hydrogen) atoms. The minimum absolute atomic E-state index is 0. The van der Waals surface area contributed by atoms with Crippen LogP contribution >= 0.6 is 0 Å². The Morgan fingerprint density at radius 1 is 0.450 bits per heavy atom. The minimum atomic E-state index is -5.17. The van der Waals surface area contributed by atoms with E-state index < -0.39 is 31.2 Å². The SMILES string of the molecule is O.O.O=S(=O)([O-])[O-].O=S(=O)([O-])[O-].O=S(=O)([O-])[O-].[Ce+4].[NH4+].[NH4+]. The third-order valence-electron chi connectivity index (χ3n) is 0. The van der Waals surface area contributed by atoms with E-state index in [9.17, 15) is 0 Å². The fourth-order valence-corrected chi connectivity index (χ4v) is 0. The standard InChI is InChI=1S/Ce.2H3N.3H2O4S.2H2O/c;;;3*1-5(2,3)4;;/h;2*1H3;3*(H2,1,2,3,4);2*1H2/q+4;;;;;;;/p-4. The molecule has 0 aromatic carbocycles. The summed E-state index contributed by atoms with van der Waals surface area (Å²) < 4.78 is 102. The summed E-state index contributed by atoms with van der Waals surface area (Å²) >= 11 is 0. The van der Waals surface area contributed by atoms with Gasteiger partial charge in [0.2, 0.25) is 0 Å². The molecule has 16 nitrogen and oxygen atoms in total. The van der Waals surface area contributed by atoms with Crippen LogP contribution in [0.15, 0.2) is 0 Å². The zero-order valence-electron chi connectivity index (χ0n) is 9.62. The van der Waals surface area contributed by atoms with Crippen LogP contribution in [0.3, 0.4) is 0 Å².